The van der Waals surface area contributed by atoms with Crippen molar-refractivity contribution in [2.45, 2.75) is 30.2 Å². The molecule has 1 aromatic heterocycles. The van der Waals surface area contributed by atoms with Gasteiger partial charge in [0.15, 0.2) is 5.82 Å². The zero-order valence-electron chi connectivity index (χ0n) is 8.51. The van der Waals surface area contributed by atoms with Crippen LogP contribution in [0, 0.1) is 0 Å². The second-order valence-corrected chi connectivity index (χ2v) is 4.44. The van der Waals surface area contributed by atoms with Gasteiger partial charge in [-0.15, -0.1) is 10.2 Å². The number of carboxylic acids is 1. The zero-order valence-corrected chi connectivity index (χ0v) is 9.32. The van der Waals surface area contributed by atoms with Crippen LogP contribution in [-0.4, -0.2) is 37.1 Å². The number of carboxylic acid groups (broad SMARTS) is 1. The third-order valence-corrected chi connectivity index (χ3v) is 3.28. The molecule has 0 spiro atoms. The molecule has 2 N–H and O–H groups in total. The van der Waals surface area contributed by atoms with Crippen LogP contribution in [0.5, 0.6) is 0 Å². The first-order valence-electron chi connectivity index (χ1n) is 4.75. The smallest absolute Gasteiger partial charge is 0.305 e. The minimum Gasteiger partial charge on any atom is -0.481 e. The minimum atomic E-state index is -1.00. The maximum atomic E-state index is 11.6. The third kappa shape index (κ3) is 1.87. The van der Waals surface area contributed by atoms with Gasteiger partial charge in [-0.1, -0.05) is 18.7 Å². The predicted octanol–water partition coefficient (Wildman–Crippen LogP) is -0.140. The summed E-state index contributed by atoms with van der Waals surface area (Å²) in [6.45, 7) is 1.90. The molecule has 2 rings (SSSR count). The van der Waals surface area contributed by atoms with Crippen molar-refractivity contribution < 1.29 is 14.7 Å². The van der Waals surface area contributed by atoms with E-state index < -0.39 is 11.2 Å². The SMILES string of the molecule is CCc1nnc2n1NC(=O)C(CC(=O)O)S2. The van der Waals surface area contributed by atoms with Crippen LogP contribution in [-0.2, 0) is 16.0 Å². The lowest BCUT2D eigenvalue weighted by Crippen LogP contribution is -2.38. The molecule has 86 valence electrons. The first-order chi connectivity index (χ1) is 7.61. The Morgan fingerprint density at radius 3 is 3.00 bits per heavy atom. The largest absolute Gasteiger partial charge is 0.481 e. The number of nitrogens with zero attached hydrogens (tertiary/aromatic N) is 3. The summed E-state index contributed by atoms with van der Waals surface area (Å²) in [5.74, 6) is -0.671. The van der Waals surface area contributed by atoms with Gasteiger partial charge < -0.3 is 5.11 Å². The highest BCUT2D eigenvalue weighted by Gasteiger charge is 2.31. The van der Waals surface area contributed by atoms with Crippen LogP contribution in [0.2, 0.25) is 0 Å². The van der Waals surface area contributed by atoms with E-state index in [9.17, 15) is 9.59 Å². The summed E-state index contributed by atoms with van der Waals surface area (Å²) in [7, 11) is 0. The molecule has 1 aromatic rings. The fourth-order valence-electron chi connectivity index (χ4n) is 1.37. The molecule has 1 atom stereocenters. The van der Waals surface area contributed by atoms with Crippen molar-refractivity contribution in [3.8, 4) is 0 Å². The molecule has 8 heteroatoms. The average Bonchev–Trinajstić information content (AvgIpc) is 2.60. The van der Waals surface area contributed by atoms with E-state index in [0.29, 0.717) is 17.4 Å². The maximum Gasteiger partial charge on any atom is 0.305 e. The van der Waals surface area contributed by atoms with Crippen molar-refractivity contribution in [1.82, 2.24) is 14.9 Å². The van der Waals surface area contributed by atoms with Crippen LogP contribution >= 0.6 is 11.8 Å². The Balaban J connectivity index is 2.22. The van der Waals surface area contributed by atoms with E-state index in [1.54, 1.807) is 0 Å². The van der Waals surface area contributed by atoms with Crippen LogP contribution in [0.1, 0.15) is 19.2 Å². The van der Waals surface area contributed by atoms with Gasteiger partial charge in [-0.25, -0.2) is 4.68 Å². The number of nitrogens with one attached hydrogen (secondary N) is 1. The van der Waals surface area contributed by atoms with Crippen LogP contribution in [0.15, 0.2) is 5.16 Å². The van der Waals surface area contributed by atoms with Crippen molar-refractivity contribution in [2.75, 3.05) is 5.43 Å². The second-order valence-electron chi connectivity index (χ2n) is 3.27. The highest BCUT2D eigenvalue weighted by Crippen LogP contribution is 2.28. The number of hydrogen-bond donors (Lipinski definition) is 2. The van der Waals surface area contributed by atoms with Crippen molar-refractivity contribution >= 4 is 23.6 Å². The lowest BCUT2D eigenvalue weighted by Gasteiger charge is -2.21. The molecular weight excluding hydrogens is 232 g/mol. The minimum absolute atomic E-state index is 0.217. The number of hydrogen-bond acceptors (Lipinski definition) is 5. The Hall–Kier alpha value is -1.57. The van der Waals surface area contributed by atoms with Crippen LogP contribution in [0.4, 0.5) is 0 Å². The number of fused-ring (bicyclic) bond motifs is 1. The summed E-state index contributed by atoms with van der Waals surface area (Å²) >= 11 is 1.13. The van der Waals surface area contributed by atoms with Crippen molar-refractivity contribution in [1.29, 1.82) is 0 Å². The van der Waals surface area contributed by atoms with E-state index in [1.807, 2.05) is 6.92 Å². The quantitative estimate of drug-likeness (QED) is 0.765. The molecule has 1 aliphatic heterocycles. The Bertz CT molecular complexity index is 444. The normalized spacial score (nSPS) is 19.1. The Morgan fingerprint density at radius 1 is 1.62 bits per heavy atom. The number of aryl methyl sites for hydroxylation is 1. The van der Waals surface area contributed by atoms with E-state index in [1.165, 1.54) is 4.68 Å². The Labute approximate surface area is 95.2 Å². The first-order valence-corrected chi connectivity index (χ1v) is 5.63. The number of amides is 1. The van der Waals surface area contributed by atoms with Gasteiger partial charge in [-0.3, -0.25) is 15.0 Å². The molecule has 0 aliphatic carbocycles. The molecule has 0 saturated heterocycles. The van der Waals surface area contributed by atoms with Crippen molar-refractivity contribution in [3.63, 3.8) is 0 Å². The van der Waals surface area contributed by atoms with E-state index in [2.05, 4.69) is 15.6 Å². The highest BCUT2D eigenvalue weighted by atomic mass is 32.2. The van der Waals surface area contributed by atoms with E-state index in [0.717, 1.165) is 11.8 Å². The van der Waals surface area contributed by atoms with Gasteiger partial charge in [0.25, 0.3) is 5.91 Å². The lowest BCUT2D eigenvalue weighted by molar-refractivity contribution is -0.138. The molecule has 16 heavy (non-hydrogen) atoms. The van der Waals surface area contributed by atoms with E-state index in [-0.39, 0.29) is 12.3 Å². The zero-order chi connectivity index (χ0) is 11.7. The standard InChI is InChI=1S/C8H10N4O3S/c1-2-5-9-10-8-12(5)11-7(15)4(16-8)3-6(13)14/h4H,2-3H2,1H3,(H,11,15)(H,13,14). The number of carbonyl (C=O) groups excluding carboxylic acids is 1. The fourth-order valence-corrected chi connectivity index (χ4v) is 2.36. The highest BCUT2D eigenvalue weighted by molar-refractivity contribution is 8.00. The topological polar surface area (TPSA) is 97.1 Å². The summed E-state index contributed by atoms with van der Waals surface area (Å²) in [5.41, 5.74) is 2.58. The first kappa shape index (κ1) is 10.9. The number of carbonyl (C=O) groups is 2. The number of rotatable bonds is 3. The number of thioether (sulfide) groups is 1. The maximum absolute atomic E-state index is 11.6. The molecule has 0 fully saturated rings. The van der Waals surface area contributed by atoms with Crippen molar-refractivity contribution in [3.05, 3.63) is 5.82 Å². The average molecular weight is 242 g/mol. The molecule has 1 aliphatic rings. The van der Waals surface area contributed by atoms with Crippen LogP contribution in [0.25, 0.3) is 0 Å². The third-order valence-electron chi connectivity index (χ3n) is 2.14. The molecular formula is C8H10N4O3S. The van der Waals surface area contributed by atoms with Gasteiger partial charge in [0.2, 0.25) is 5.16 Å². The summed E-state index contributed by atoms with van der Waals surface area (Å²) in [6.07, 6.45) is 0.433. The summed E-state index contributed by atoms with van der Waals surface area (Å²) in [5, 5.41) is 16.3. The molecule has 2 heterocycles. The van der Waals surface area contributed by atoms with Gasteiger partial charge in [-0.2, -0.15) is 0 Å². The van der Waals surface area contributed by atoms with Gasteiger partial charge >= 0.3 is 5.97 Å². The fraction of sp³-hybridized carbons (Fsp3) is 0.500. The van der Waals surface area contributed by atoms with Gasteiger partial charge in [-0.05, 0) is 0 Å². The number of aromatic nitrogens is 3. The van der Waals surface area contributed by atoms with Crippen molar-refractivity contribution in [2.24, 2.45) is 0 Å². The van der Waals surface area contributed by atoms with Gasteiger partial charge in [0.05, 0.1) is 6.42 Å². The summed E-state index contributed by atoms with van der Waals surface area (Å²) in [6, 6.07) is 0. The molecule has 0 saturated carbocycles. The molecule has 7 nitrogen and oxygen atoms in total. The molecule has 1 amide bonds. The Kier molecular flexibility index (Phi) is 2.82. The van der Waals surface area contributed by atoms with Crippen LogP contribution < -0.4 is 5.43 Å². The summed E-state index contributed by atoms with van der Waals surface area (Å²) < 4.78 is 1.51. The Morgan fingerprint density at radius 2 is 2.38 bits per heavy atom. The van der Waals surface area contributed by atoms with Gasteiger partial charge in [0, 0.05) is 6.42 Å². The molecule has 0 aromatic carbocycles. The van der Waals surface area contributed by atoms with E-state index in [4.69, 9.17) is 5.11 Å². The summed E-state index contributed by atoms with van der Waals surface area (Å²) in [4.78, 5) is 22.1. The van der Waals surface area contributed by atoms with Crippen LogP contribution in [0.3, 0.4) is 0 Å². The second kappa shape index (κ2) is 4.12. The van der Waals surface area contributed by atoms with E-state index >= 15 is 0 Å². The molecule has 0 bridgehead atoms. The monoisotopic (exact) mass is 242 g/mol. The lowest BCUT2D eigenvalue weighted by atomic mass is 10.3. The molecule has 1 unspecified atom stereocenters. The van der Waals surface area contributed by atoms with Gasteiger partial charge in [0.1, 0.15) is 5.25 Å². The predicted molar refractivity (Wildman–Crippen MR) is 55.7 cm³/mol. The number of aliphatic carboxylic acids is 1. The molecule has 0 radical (unpaired) electrons.